The number of thiazole rings is 1. The van der Waals surface area contributed by atoms with Crippen molar-refractivity contribution in [3.63, 3.8) is 0 Å². The highest BCUT2D eigenvalue weighted by Crippen LogP contribution is 2.27. The fraction of sp³-hybridized carbons (Fsp3) is 0.273. The van der Waals surface area contributed by atoms with Crippen molar-refractivity contribution in [1.82, 2.24) is 15.6 Å². The molecule has 0 saturated heterocycles. The van der Waals surface area contributed by atoms with Crippen molar-refractivity contribution in [2.45, 2.75) is 20.0 Å². The first-order chi connectivity index (χ1) is 14.1. The SMILES string of the molecule is CN=C(NCc1ccc(OC)cc1OC)NCc1sc(-c2ccccc2)nc1C.I. The molecular weight excluding hydrogens is 511 g/mol. The van der Waals surface area contributed by atoms with E-state index >= 15 is 0 Å². The standard InChI is InChI=1S/C22H26N4O2S.HI/c1-15-20(29-21(26-15)16-8-6-5-7-9-16)14-25-22(23-2)24-13-17-10-11-18(27-3)12-19(17)28-4;/h5-12H,13-14H2,1-4H3,(H2,23,24,25);1H. The van der Waals surface area contributed by atoms with Crippen LogP contribution in [0.15, 0.2) is 53.5 Å². The Morgan fingerprint density at radius 2 is 1.77 bits per heavy atom. The van der Waals surface area contributed by atoms with Crippen LogP contribution < -0.4 is 20.1 Å². The lowest BCUT2D eigenvalue weighted by Crippen LogP contribution is -2.36. The van der Waals surface area contributed by atoms with Gasteiger partial charge in [-0.25, -0.2) is 4.98 Å². The Morgan fingerprint density at radius 1 is 1.03 bits per heavy atom. The van der Waals surface area contributed by atoms with Gasteiger partial charge in [-0.3, -0.25) is 4.99 Å². The molecule has 160 valence electrons. The number of methoxy groups -OCH3 is 2. The Balaban J connectivity index is 0.00000320. The number of nitrogens with zero attached hydrogens (tertiary/aromatic N) is 2. The lowest BCUT2D eigenvalue weighted by Gasteiger charge is -2.14. The maximum atomic E-state index is 5.46. The van der Waals surface area contributed by atoms with E-state index in [0.717, 1.165) is 39.3 Å². The zero-order valence-electron chi connectivity index (χ0n) is 17.6. The molecule has 0 bridgehead atoms. The molecule has 0 aliphatic heterocycles. The van der Waals surface area contributed by atoms with Gasteiger partial charge in [0.1, 0.15) is 16.5 Å². The van der Waals surface area contributed by atoms with E-state index < -0.39 is 0 Å². The average molecular weight is 538 g/mol. The highest BCUT2D eigenvalue weighted by Gasteiger charge is 2.11. The third-order valence-electron chi connectivity index (χ3n) is 4.49. The van der Waals surface area contributed by atoms with E-state index in [-0.39, 0.29) is 24.0 Å². The van der Waals surface area contributed by atoms with Gasteiger partial charge in [-0.2, -0.15) is 0 Å². The molecule has 0 radical (unpaired) electrons. The molecule has 3 aromatic rings. The van der Waals surface area contributed by atoms with Gasteiger partial charge in [-0.15, -0.1) is 35.3 Å². The summed E-state index contributed by atoms with van der Waals surface area (Å²) in [5.41, 5.74) is 3.20. The summed E-state index contributed by atoms with van der Waals surface area (Å²) in [6.45, 7) is 3.29. The molecule has 30 heavy (non-hydrogen) atoms. The number of nitrogens with one attached hydrogen (secondary N) is 2. The molecule has 0 unspecified atom stereocenters. The molecule has 6 nitrogen and oxygen atoms in total. The molecule has 1 heterocycles. The van der Waals surface area contributed by atoms with Crippen LogP contribution in [-0.4, -0.2) is 32.2 Å². The number of halogens is 1. The Morgan fingerprint density at radius 3 is 2.43 bits per heavy atom. The van der Waals surface area contributed by atoms with E-state index in [4.69, 9.17) is 14.5 Å². The number of guanidine groups is 1. The van der Waals surface area contributed by atoms with E-state index in [0.29, 0.717) is 13.1 Å². The number of hydrogen-bond donors (Lipinski definition) is 2. The molecule has 0 atom stereocenters. The monoisotopic (exact) mass is 538 g/mol. The molecule has 1 aromatic heterocycles. The summed E-state index contributed by atoms with van der Waals surface area (Å²) in [6, 6.07) is 16.0. The summed E-state index contributed by atoms with van der Waals surface area (Å²) in [5, 5.41) is 7.73. The summed E-state index contributed by atoms with van der Waals surface area (Å²) in [5.74, 6) is 2.26. The molecular formula is C22H27IN4O2S. The van der Waals surface area contributed by atoms with Gasteiger partial charge in [0.05, 0.1) is 26.5 Å². The number of aliphatic imine (C=N–C) groups is 1. The van der Waals surface area contributed by atoms with E-state index in [1.165, 1.54) is 4.88 Å². The van der Waals surface area contributed by atoms with Gasteiger partial charge in [0, 0.05) is 35.7 Å². The van der Waals surface area contributed by atoms with Crippen molar-refractivity contribution < 1.29 is 9.47 Å². The smallest absolute Gasteiger partial charge is 0.191 e. The van der Waals surface area contributed by atoms with Crippen molar-refractivity contribution in [3.8, 4) is 22.1 Å². The second-order valence-corrected chi connectivity index (χ2v) is 7.43. The molecule has 3 rings (SSSR count). The first-order valence-electron chi connectivity index (χ1n) is 9.31. The van der Waals surface area contributed by atoms with Crippen LogP contribution in [0.1, 0.15) is 16.1 Å². The molecule has 0 spiro atoms. The highest BCUT2D eigenvalue weighted by atomic mass is 127. The van der Waals surface area contributed by atoms with Gasteiger partial charge in [0.15, 0.2) is 5.96 Å². The van der Waals surface area contributed by atoms with Crippen LogP contribution in [-0.2, 0) is 13.1 Å². The van der Waals surface area contributed by atoms with E-state index in [1.54, 1.807) is 32.6 Å². The second-order valence-electron chi connectivity index (χ2n) is 6.35. The third kappa shape index (κ3) is 6.09. The summed E-state index contributed by atoms with van der Waals surface area (Å²) < 4.78 is 10.7. The minimum Gasteiger partial charge on any atom is -0.497 e. The van der Waals surface area contributed by atoms with Crippen LogP contribution in [0, 0.1) is 6.92 Å². The van der Waals surface area contributed by atoms with Crippen molar-refractivity contribution in [2.24, 2.45) is 4.99 Å². The molecule has 8 heteroatoms. The van der Waals surface area contributed by atoms with Crippen molar-refractivity contribution in [1.29, 1.82) is 0 Å². The Hall–Kier alpha value is -2.33. The topological polar surface area (TPSA) is 67.8 Å². The fourth-order valence-electron chi connectivity index (χ4n) is 2.86. The van der Waals surface area contributed by atoms with E-state index in [9.17, 15) is 0 Å². The quantitative estimate of drug-likeness (QED) is 0.261. The first-order valence-corrected chi connectivity index (χ1v) is 10.1. The predicted octanol–water partition coefficient (Wildman–Crippen LogP) is 4.62. The number of ether oxygens (including phenoxy) is 2. The van der Waals surface area contributed by atoms with Crippen LogP contribution in [0.4, 0.5) is 0 Å². The number of benzene rings is 2. The Kier molecular flexibility index (Phi) is 9.38. The number of aromatic nitrogens is 1. The summed E-state index contributed by atoms with van der Waals surface area (Å²) >= 11 is 1.70. The first kappa shape index (κ1) is 23.9. The van der Waals surface area contributed by atoms with Gasteiger partial charge < -0.3 is 20.1 Å². The zero-order valence-corrected chi connectivity index (χ0v) is 20.7. The molecule has 2 N–H and O–H groups in total. The van der Waals surface area contributed by atoms with Crippen molar-refractivity contribution >= 4 is 41.3 Å². The van der Waals surface area contributed by atoms with Gasteiger partial charge in [0.2, 0.25) is 0 Å². The van der Waals surface area contributed by atoms with Crippen molar-refractivity contribution in [3.05, 3.63) is 64.7 Å². The number of rotatable bonds is 7. The number of hydrogen-bond acceptors (Lipinski definition) is 5. The normalized spacial score (nSPS) is 10.9. The fourth-order valence-corrected chi connectivity index (χ4v) is 3.87. The Bertz CT molecular complexity index is 977. The molecule has 0 aliphatic carbocycles. The van der Waals surface area contributed by atoms with Crippen LogP contribution >= 0.6 is 35.3 Å². The van der Waals surface area contributed by atoms with Crippen LogP contribution in [0.2, 0.25) is 0 Å². The Labute approximate surface area is 198 Å². The lowest BCUT2D eigenvalue weighted by molar-refractivity contribution is 0.390. The maximum absolute atomic E-state index is 5.46. The van der Waals surface area contributed by atoms with Gasteiger partial charge in [-0.1, -0.05) is 30.3 Å². The second kappa shape index (κ2) is 11.8. The molecule has 0 fully saturated rings. The minimum atomic E-state index is 0. The highest BCUT2D eigenvalue weighted by molar-refractivity contribution is 14.0. The van der Waals surface area contributed by atoms with Crippen molar-refractivity contribution in [2.75, 3.05) is 21.3 Å². The summed E-state index contributed by atoms with van der Waals surface area (Å²) in [6.07, 6.45) is 0. The zero-order chi connectivity index (χ0) is 20.6. The largest absolute Gasteiger partial charge is 0.497 e. The lowest BCUT2D eigenvalue weighted by atomic mass is 10.2. The molecule has 0 amide bonds. The van der Waals surface area contributed by atoms with Crippen LogP contribution in [0.25, 0.3) is 10.6 Å². The van der Waals surface area contributed by atoms with E-state index in [2.05, 4.69) is 27.8 Å². The van der Waals surface area contributed by atoms with E-state index in [1.807, 2.05) is 43.3 Å². The molecule has 0 aliphatic rings. The third-order valence-corrected chi connectivity index (χ3v) is 5.70. The number of aryl methyl sites for hydroxylation is 1. The van der Waals surface area contributed by atoms with Gasteiger partial charge >= 0.3 is 0 Å². The molecule has 2 aromatic carbocycles. The van der Waals surface area contributed by atoms with Crippen LogP contribution in [0.5, 0.6) is 11.5 Å². The predicted molar refractivity (Wildman–Crippen MR) is 134 cm³/mol. The van der Waals surface area contributed by atoms with Gasteiger partial charge in [-0.05, 0) is 19.1 Å². The average Bonchev–Trinajstić information content (AvgIpc) is 3.15. The van der Waals surface area contributed by atoms with Crippen LogP contribution in [0.3, 0.4) is 0 Å². The maximum Gasteiger partial charge on any atom is 0.191 e. The summed E-state index contributed by atoms with van der Waals surface area (Å²) in [4.78, 5) is 10.2. The van der Waals surface area contributed by atoms with Gasteiger partial charge in [0.25, 0.3) is 0 Å². The summed E-state index contributed by atoms with van der Waals surface area (Å²) in [7, 11) is 5.06. The minimum absolute atomic E-state index is 0. The molecule has 0 saturated carbocycles.